The van der Waals surface area contributed by atoms with Crippen molar-refractivity contribution in [2.75, 3.05) is 18.6 Å². The van der Waals surface area contributed by atoms with Crippen molar-refractivity contribution in [2.24, 2.45) is 5.92 Å². The first-order valence-corrected chi connectivity index (χ1v) is 8.81. The molecular formula is C16H22ClNO4S. The molecule has 0 radical (unpaired) electrons. The Morgan fingerprint density at radius 2 is 2.09 bits per heavy atom. The number of ether oxygens (including phenoxy) is 1. The fourth-order valence-corrected chi connectivity index (χ4v) is 3.15. The van der Waals surface area contributed by atoms with E-state index in [1.54, 1.807) is 12.1 Å². The molecule has 0 aliphatic rings. The molecule has 1 unspecified atom stereocenters. The van der Waals surface area contributed by atoms with Crippen molar-refractivity contribution in [2.45, 2.75) is 26.3 Å². The van der Waals surface area contributed by atoms with Gasteiger partial charge >= 0.3 is 5.97 Å². The van der Waals surface area contributed by atoms with E-state index in [1.165, 1.54) is 24.9 Å². The van der Waals surface area contributed by atoms with E-state index in [4.69, 9.17) is 16.3 Å². The van der Waals surface area contributed by atoms with Crippen LogP contribution in [0.2, 0.25) is 5.02 Å². The lowest BCUT2D eigenvalue weighted by Gasteiger charge is -2.16. The first-order valence-electron chi connectivity index (χ1n) is 7.28. The highest BCUT2D eigenvalue weighted by molar-refractivity contribution is 7.99. The Labute approximate surface area is 145 Å². The van der Waals surface area contributed by atoms with Gasteiger partial charge in [0.15, 0.2) is 6.04 Å². The quantitative estimate of drug-likeness (QED) is 0.661. The maximum absolute atomic E-state index is 11.9. The fourth-order valence-electron chi connectivity index (χ4n) is 1.84. The number of carboxylic acids is 1. The van der Waals surface area contributed by atoms with E-state index < -0.39 is 12.0 Å². The van der Waals surface area contributed by atoms with Crippen LogP contribution >= 0.6 is 23.4 Å². The van der Waals surface area contributed by atoms with Crippen molar-refractivity contribution in [1.29, 1.82) is 0 Å². The number of amides is 1. The van der Waals surface area contributed by atoms with E-state index in [-0.39, 0.29) is 11.7 Å². The minimum absolute atomic E-state index is 0.236. The zero-order valence-electron chi connectivity index (χ0n) is 13.5. The molecule has 128 valence electrons. The van der Waals surface area contributed by atoms with Gasteiger partial charge in [-0.1, -0.05) is 31.5 Å². The summed E-state index contributed by atoms with van der Waals surface area (Å²) in [6, 6.07) is 3.52. The predicted octanol–water partition coefficient (Wildman–Crippen LogP) is 3.37. The van der Waals surface area contributed by atoms with E-state index in [9.17, 15) is 14.7 Å². The Bertz CT molecular complexity index is 551. The van der Waals surface area contributed by atoms with Crippen LogP contribution in [0.1, 0.15) is 31.9 Å². The van der Waals surface area contributed by atoms with Crippen molar-refractivity contribution in [3.63, 3.8) is 0 Å². The minimum atomic E-state index is -1.13. The van der Waals surface area contributed by atoms with Crippen molar-refractivity contribution < 1.29 is 19.4 Å². The average molecular weight is 360 g/mol. The first kappa shape index (κ1) is 19.6. The molecule has 1 rings (SSSR count). The molecule has 0 aliphatic carbocycles. The summed E-state index contributed by atoms with van der Waals surface area (Å²) in [5, 5.41) is 12.2. The number of nitrogens with one attached hydrogen (secondary N) is 1. The molecule has 0 heterocycles. The Balaban J connectivity index is 2.66. The molecule has 1 amide bonds. The topological polar surface area (TPSA) is 75.6 Å². The van der Waals surface area contributed by atoms with Crippen LogP contribution in [0.3, 0.4) is 0 Å². The Morgan fingerprint density at radius 3 is 2.61 bits per heavy atom. The van der Waals surface area contributed by atoms with E-state index in [2.05, 4.69) is 19.2 Å². The summed E-state index contributed by atoms with van der Waals surface area (Å²) in [4.78, 5) is 23.4. The summed E-state index contributed by atoms with van der Waals surface area (Å²) in [7, 11) is 1.48. The van der Waals surface area contributed by atoms with Crippen LogP contribution in [-0.4, -0.2) is 35.6 Å². The second-order valence-electron chi connectivity index (χ2n) is 5.47. The second-order valence-corrected chi connectivity index (χ2v) is 6.98. The third-order valence-corrected chi connectivity index (χ3v) is 4.42. The third kappa shape index (κ3) is 6.71. The van der Waals surface area contributed by atoms with Gasteiger partial charge in [0.2, 0.25) is 5.91 Å². The molecule has 5 nitrogen and oxygen atoms in total. The molecule has 2 N–H and O–H groups in total. The second kappa shape index (κ2) is 9.67. The SMILES string of the molecule is COc1ccc(C(NC(=O)CSCCC(C)C)C(=O)O)cc1Cl. The molecule has 0 aromatic heterocycles. The van der Waals surface area contributed by atoms with Gasteiger partial charge in [-0.15, -0.1) is 0 Å². The maximum Gasteiger partial charge on any atom is 0.330 e. The number of carboxylic acid groups (broad SMARTS) is 1. The number of carbonyl (C=O) groups is 2. The predicted molar refractivity (Wildman–Crippen MR) is 93.3 cm³/mol. The van der Waals surface area contributed by atoms with Crippen molar-refractivity contribution in [1.82, 2.24) is 5.32 Å². The number of rotatable bonds is 9. The Kier molecular flexibility index (Phi) is 8.26. The molecule has 1 aromatic carbocycles. The molecule has 1 atom stereocenters. The summed E-state index contributed by atoms with van der Waals surface area (Å²) in [6.45, 7) is 4.24. The number of benzene rings is 1. The minimum Gasteiger partial charge on any atom is -0.495 e. The van der Waals surface area contributed by atoms with Crippen LogP contribution in [0, 0.1) is 5.92 Å². The van der Waals surface area contributed by atoms with E-state index in [0.717, 1.165) is 12.2 Å². The zero-order chi connectivity index (χ0) is 17.4. The van der Waals surface area contributed by atoms with Crippen LogP contribution in [-0.2, 0) is 9.59 Å². The van der Waals surface area contributed by atoms with Gasteiger partial charge < -0.3 is 15.2 Å². The lowest BCUT2D eigenvalue weighted by Crippen LogP contribution is -2.34. The number of carbonyl (C=O) groups excluding carboxylic acids is 1. The zero-order valence-corrected chi connectivity index (χ0v) is 15.0. The Morgan fingerprint density at radius 1 is 1.39 bits per heavy atom. The van der Waals surface area contributed by atoms with Gasteiger partial charge in [0, 0.05) is 0 Å². The summed E-state index contributed by atoms with van der Waals surface area (Å²) in [5.41, 5.74) is 0.406. The van der Waals surface area contributed by atoms with Gasteiger partial charge in [-0.05, 0) is 35.8 Å². The van der Waals surface area contributed by atoms with Crippen molar-refractivity contribution in [3.8, 4) is 5.75 Å². The lowest BCUT2D eigenvalue weighted by molar-refractivity contribution is -0.141. The van der Waals surface area contributed by atoms with Gasteiger partial charge in [0.25, 0.3) is 0 Å². The monoisotopic (exact) mass is 359 g/mol. The van der Waals surface area contributed by atoms with Crippen LogP contribution in [0.4, 0.5) is 0 Å². The third-order valence-electron chi connectivity index (χ3n) is 3.13. The summed E-state index contributed by atoms with van der Waals surface area (Å²) in [6.07, 6.45) is 1.02. The van der Waals surface area contributed by atoms with Crippen molar-refractivity contribution in [3.05, 3.63) is 28.8 Å². The molecular weight excluding hydrogens is 338 g/mol. The largest absolute Gasteiger partial charge is 0.495 e. The molecule has 0 aliphatic heterocycles. The molecule has 23 heavy (non-hydrogen) atoms. The molecule has 0 saturated heterocycles. The van der Waals surface area contributed by atoms with Crippen LogP contribution in [0.25, 0.3) is 0 Å². The molecule has 0 saturated carbocycles. The normalized spacial score (nSPS) is 12.0. The highest BCUT2D eigenvalue weighted by Crippen LogP contribution is 2.27. The van der Waals surface area contributed by atoms with Gasteiger partial charge in [-0.2, -0.15) is 11.8 Å². The summed E-state index contributed by atoms with van der Waals surface area (Å²) >= 11 is 7.51. The lowest BCUT2D eigenvalue weighted by atomic mass is 10.1. The smallest absolute Gasteiger partial charge is 0.330 e. The standard InChI is InChI=1S/C16H22ClNO4S/c1-10(2)6-7-23-9-14(19)18-15(16(20)21)11-4-5-13(22-3)12(17)8-11/h4-5,8,10,15H,6-7,9H2,1-3H3,(H,18,19)(H,20,21). The summed E-state index contributed by atoms with van der Waals surface area (Å²) in [5.74, 6) is 0.705. The molecule has 0 spiro atoms. The van der Waals surface area contributed by atoms with E-state index in [1.807, 2.05) is 0 Å². The number of aliphatic carboxylic acids is 1. The van der Waals surface area contributed by atoms with Crippen LogP contribution in [0.5, 0.6) is 5.75 Å². The van der Waals surface area contributed by atoms with E-state index >= 15 is 0 Å². The number of hydrogen-bond acceptors (Lipinski definition) is 4. The molecule has 0 fully saturated rings. The van der Waals surface area contributed by atoms with Gasteiger partial charge in [0.05, 0.1) is 17.9 Å². The molecule has 1 aromatic rings. The van der Waals surface area contributed by atoms with E-state index in [0.29, 0.717) is 22.3 Å². The van der Waals surface area contributed by atoms with Gasteiger partial charge in [-0.25, -0.2) is 4.79 Å². The maximum atomic E-state index is 11.9. The number of hydrogen-bond donors (Lipinski definition) is 2. The number of thioether (sulfide) groups is 1. The summed E-state index contributed by atoms with van der Waals surface area (Å²) < 4.78 is 5.04. The van der Waals surface area contributed by atoms with Crippen LogP contribution < -0.4 is 10.1 Å². The first-order chi connectivity index (χ1) is 10.8. The van der Waals surface area contributed by atoms with Gasteiger partial charge in [-0.3, -0.25) is 4.79 Å². The number of halogens is 1. The highest BCUT2D eigenvalue weighted by atomic mass is 35.5. The molecule has 0 bridgehead atoms. The average Bonchev–Trinajstić information content (AvgIpc) is 2.48. The van der Waals surface area contributed by atoms with Gasteiger partial charge in [0.1, 0.15) is 5.75 Å². The van der Waals surface area contributed by atoms with Crippen LogP contribution in [0.15, 0.2) is 18.2 Å². The fraction of sp³-hybridized carbons (Fsp3) is 0.500. The van der Waals surface area contributed by atoms with Crippen molar-refractivity contribution >= 4 is 35.2 Å². The highest BCUT2D eigenvalue weighted by Gasteiger charge is 2.23. The number of methoxy groups -OCH3 is 1. The molecule has 7 heteroatoms. The Hall–Kier alpha value is -1.40.